The number of carbonyl (C=O) groups excluding carboxylic acids is 1. The lowest BCUT2D eigenvalue weighted by atomic mass is 9.93. The molecule has 1 aliphatic rings. The van der Waals surface area contributed by atoms with Crippen molar-refractivity contribution in [2.24, 2.45) is 0 Å². The number of nitrogens with one attached hydrogen (secondary N) is 2. The third kappa shape index (κ3) is 4.11. The molecule has 21 heavy (non-hydrogen) atoms. The van der Waals surface area contributed by atoms with Gasteiger partial charge in [-0.1, -0.05) is 30.5 Å². The molecule has 0 radical (unpaired) electrons. The summed E-state index contributed by atoms with van der Waals surface area (Å²) in [5, 5.41) is 15.0. The molecule has 1 aromatic carbocycles. The first-order valence-corrected chi connectivity index (χ1v) is 7.84. The molecule has 0 bridgehead atoms. The second kappa shape index (κ2) is 6.66. The first-order valence-electron chi connectivity index (χ1n) is 6.67. The van der Waals surface area contributed by atoms with Crippen LogP contribution in [0.1, 0.15) is 32.1 Å². The molecule has 2 rings (SSSR count). The van der Waals surface area contributed by atoms with Gasteiger partial charge in [-0.3, -0.25) is 4.79 Å². The molecule has 5 nitrogen and oxygen atoms in total. The Labute approximate surface area is 136 Å². The van der Waals surface area contributed by atoms with Crippen molar-refractivity contribution in [3.63, 3.8) is 0 Å². The van der Waals surface area contributed by atoms with E-state index in [2.05, 4.69) is 26.6 Å². The molecule has 0 heterocycles. The monoisotopic (exact) mass is 374 g/mol. The van der Waals surface area contributed by atoms with E-state index in [9.17, 15) is 9.59 Å². The maximum atomic E-state index is 12.1. The molecule has 114 valence electrons. The number of amides is 2. The van der Waals surface area contributed by atoms with Crippen molar-refractivity contribution >= 4 is 45.2 Å². The van der Waals surface area contributed by atoms with E-state index in [-0.39, 0.29) is 6.42 Å². The topological polar surface area (TPSA) is 78.4 Å². The minimum Gasteiger partial charge on any atom is -0.481 e. The Morgan fingerprint density at radius 1 is 1.33 bits per heavy atom. The third-order valence-electron chi connectivity index (χ3n) is 3.63. The number of halogens is 2. The van der Waals surface area contributed by atoms with Gasteiger partial charge in [-0.25, -0.2) is 4.79 Å². The Kier molecular flexibility index (Phi) is 5.11. The second-order valence-electron chi connectivity index (χ2n) is 5.24. The van der Waals surface area contributed by atoms with Crippen molar-refractivity contribution in [1.82, 2.24) is 5.32 Å². The van der Waals surface area contributed by atoms with E-state index in [0.717, 1.165) is 12.8 Å². The summed E-state index contributed by atoms with van der Waals surface area (Å²) < 4.78 is 0.598. The van der Waals surface area contributed by atoms with Crippen LogP contribution in [-0.4, -0.2) is 22.6 Å². The smallest absolute Gasteiger partial charge is 0.319 e. The highest BCUT2D eigenvalue weighted by Crippen LogP contribution is 2.33. The molecule has 1 aromatic rings. The van der Waals surface area contributed by atoms with Gasteiger partial charge in [0, 0.05) is 0 Å². The van der Waals surface area contributed by atoms with Crippen molar-refractivity contribution in [3.05, 3.63) is 27.7 Å². The Morgan fingerprint density at radius 2 is 2.00 bits per heavy atom. The quantitative estimate of drug-likeness (QED) is 0.744. The number of urea groups is 1. The number of hydrogen-bond acceptors (Lipinski definition) is 2. The van der Waals surface area contributed by atoms with Crippen LogP contribution in [0.15, 0.2) is 22.7 Å². The standard InChI is InChI=1S/C14H16BrClN2O3/c15-12-9(16)4-3-5-10(12)17-13(21)18-14(8-11(19)20)6-1-2-7-14/h3-5H,1-2,6-8H2,(H,19,20)(H2,17,18,21). The van der Waals surface area contributed by atoms with Crippen LogP contribution in [0.4, 0.5) is 10.5 Å². The van der Waals surface area contributed by atoms with Gasteiger partial charge in [0.1, 0.15) is 0 Å². The number of carboxylic acids is 1. The van der Waals surface area contributed by atoms with Crippen LogP contribution in [0.3, 0.4) is 0 Å². The van der Waals surface area contributed by atoms with Crippen LogP contribution < -0.4 is 10.6 Å². The minimum atomic E-state index is -0.902. The Bertz CT molecular complexity index is 559. The number of hydrogen-bond donors (Lipinski definition) is 3. The number of anilines is 1. The molecule has 1 saturated carbocycles. The molecule has 0 aliphatic heterocycles. The fourth-order valence-electron chi connectivity index (χ4n) is 2.68. The first-order chi connectivity index (χ1) is 9.92. The van der Waals surface area contributed by atoms with Crippen molar-refractivity contribution in [2.75, 3.05) is 5.32 Å². The van der Waals surface area contributed by atoms with E-state index in [0.29, 0.717) is 28.0 Å². The summed E-state index contributed by atoms with van der Waals surface area (Å²) in [6.07, 6.45) is 3.16. The Hall–Kier alpha value is -1.27. The summed E-state index contributed by atoms with van der Waals surface area (Å²) in [7, 11) is 0. The normalized spacial score (nSPS) is 16.5. The molecule has 1 fully saturated rings. The zero-order valence-electron chi connectivity index (χ0n) is 11.3. The van der Waals surface area contributed by atoms with Crippen molar-refractivity contribution in [1.29, 1.82) is 0 Å². The van der Waals surface area contributed by atoms with Gasteiger partial charge in [0.15, 0.2) is 0 Å². The average Bonchev–Trinajstić information content (AvgIpc) is 2.82. The molecule has 3 N–H and O–H groups in total. The molecule has 7 heteroatoms. The van der Waals surface area contributed by atoms with Gasteiger partial charge in [-0.15, -0.1) is 0 Å². The number of carbonyl (C=O) groups is 2. The van der Waals surface area contributed by atoms with Crippen molar-refractivity contribution in [2.45, 2.75) is 37.6 Å². The van der Waals surface area contributed by atoms with E-state index in [1.54, 1.807) is 18.2 Å². The number of benzene rings is 1. The highest BCUT2D eigenvalue weighted by atomic mass is 79.9. The van der Waals surface area contributed by atoms with Crippen LogP contribution in [0, 0.1) is 0 Å². The lowest BCUT2D eigenvalue weighted by molar-refractivity contribution is -0.138. The number of aliphatic carboxylic acids is 1. The molecule has 0 atom stereocenters. The van der Waals surface area contributed by atoms with Crippen LogP contribution in [0.25, 0.3) is 0 Å². The van der Waals surface area contributed by atoms with E-state index in [4.69, 9.17) is 16.7 Å². The third-order valence-corrected chi connectivity index (χ3v) is 5.03. The Morgan fingerprint density at radius 3 is 2.62 bits per heavy atom. The molecular formula is C14H16BrClN2O3. The SMILES string of the molecule is O=C(O)CC1(NC(=O)Nc2cccc(Cl)c2Br)CCCC1. The van der Waals surface area contributed by atoms with E-state index in [1.165, 1.54) is 0 Å². The largest absolute Gasteiger partial charge is 0.481 e. The van der Waals surface area contributed by atoms with Gasteiger partial charge in [-0.05, 0) is 40.9 Å². The highest BCUT2D eigenvalue weighted by molar-refractivity contribution is 9.10. The number of carboxylic acid groups (broad SMARTS) is 1. The van der Waals surface area contributed by atoms with Gasteiger partial charge < -0.3 is 15.7 Å². The van der Waals surface area contributed by atoms with E-state index in [1.807, 2.05) is 0 Å². The molecule has 0 spiro atoms. The summed E-state index contributed by atoms with van der Waals surface area (Å²) in [4.78, 5) is 23.1. The predicted octanol–water partition coefficient (Wildman–Crippen LogP) is 4.01. The summed E-state index contributed by atoms with van der Waals surface area (Å²) in [6.45, 7) is 0. The summed E-state index contributed by atoms with van der Waals surface area (Å²) >= 11 is 9.27. The van der Waals surface area contributed by atoms with Crippen LogP contribution in [-0.2, 0) is 4.79 Å². The summed E-state index contributed by atoms with van der Waals surface area (Å²) in [5.74, 6) is -0.902. The molecule has 2 amide bonds. The average molecular weight is 376 g/mol. The predicted molar refractivity (Wildman–Crippen MR) is 84.8 cm³/mol. The molecular weight excluding hydrogens is 360 g/mol. The second-order valence-corrected chi connectivity index (χ2v) is 6.44. The maximum absolute atomic E-state index is 12.1. The Balaban J connectivity index is 2.06. The lowest BCUT2D eigenvalue weighted by Gasteiger charge is -2.28. The fraction of sp³-hybridized carbons (Fsp3) is 0.429. The van der Waals surface area contributed by atoms with Gasteiger partial charge in [0.25, 0.3) is 0 Å². The van der Waals surface area contributed by atoms with Crippen molar-refractivity contribution in [3.8, 4) is 0 Å². The molecule has 0 unspecified atom stereocenters. The molecule has 0 aromatic heterocycles. The van der Waals surface area contributed by atoms with Gasteiger partial charge >= 0.3 is 12.0 Å². The van der Waals surface area contributed by atoms with Crippen LogP contribution >= 0.6 is 27.5 Å². The number of rotatable bonds is 4. The zero-order chi connectivity index (χ0) is 15.5. The van der Waals surface area contributed by atoms with Crippen LogP contribution in [0.2, 0.25) is 5.02 Å². The molecule has 1 aliphatic carbocycles. The van der Waals surface area contributed by atoms with Gasteiger partial charge in [-0.2, -0.15) is 0 Å². The van der Waals surface area contributed by atoms with Crippen LogP contribution in [0.5, 0.6) is 0 Å². The fourth-order valence-corrected chi connectivity index (χ4v) is 3.22. The summed E-state index contributed by atoms with van der Waals surface area (Å²) in [6, 6.07) is 4.73. The first kappa shape index (κ1) is 16.1. The van der Waals surface area contributed by atoms with Gasteiger partial charge in [0.05, 0.1) is 27.1 Å². The van der Waals surface area contributed by atoms with Crippen molar-refractivity contribution < 1.29 is 14.7 Å². The highest BCUT2D eigenvalue weighted by Gasteiger charge is 2.37. The molecule has 0 saturated heterocycles. The van der Waals surface area contributed by atoms with Gasteiger partial charge in [0.2, 0.25) is 0 Å². The minimum absolute atomic E-state index is 0.0584. The lowest BCUT2D eigenvalue weighted by Crippen LogP contribution is -2.49. The van der Waals surface area contributed by atoms with E-state index < -0.39 is 17.5 Å². The van der Waals surface area contributed by atoms with E-state index >= 15 is 0 Å². The zero-order valence-corrected chi connectivity index (χ0v) is 13.6. The summed E-state index contributed by atoms with van der Waals surface area (Å²) in [5.41, 5.74) is -0.107. The maximum Gasteiger partial charge on any atom is 0.319 e.